The van der Waals surface area contributed by atoms with Gasteiger partial charge >= 0.3 is 6.03 Å². The lowest BCUT2D eigenvalue weighted by Gasteiger charge is -2.29. The zero-order valence-electron chi connectivity index (χ0n) is 15.6. The molecule has 0 aliphatic carbocycles. The Bertz CT molecular complexity index is 1160. The summed E-state index contributed by atoms with van der Waals surface area (Å²) in [5.41, 5.74) is 0.847. The number of anilines is 1. The van der Waals surface area contributed by atoms with Gasteiger partial charge in [0, 0.05) is 5.56 Å². The number of halogens is 1. The second kappa shape index (κ2) is 7.52. The summed E-state index contributed by atoms with van der Waals surface area (Å²) in [6.45, 7) is 2.33. The van der Waals surface area contributed by atoms with Gasteiger partial charge in [0.2, 0.25) is 5.91 Å². The Labute approximate surface area is 167 Å². The molecule has 0 aromatic heterocycles. The van der Waals surface area contributed by atoms with Crippen LogP contribution in [0.15, 0.2) is 41.3 Å². The number of nitrogens with zero attached hydrogens (tertiary/aromatic N) is 2. The minimum Gasteiger partial charge on any atom is -0.348 e. The highest BCUT2D eigenvalue weighted by Crippen LogP contribution is 2.32. The average Bonchev–Trinajstić information content (AvgIpc) is 2.64. The number of carbonyl (C=O) groups excluding carboxylic acids is 2. The first-order valence-electron chi connectivity index (χ1n) is 8.57. The Balaban J connectivity index is 1.79. The molecule has 0 unspecified atom stereocenters. The van der Waals surface area contributed by atoms with E-state index in [4.69, 9.17) is 5.26 Å². The van der Waals surface area contributed by atoms with Gasteiger partial charge in [-0.3, -0.25) is 4.79 Å². The molecule has 10 heteroatoms. The molecular formula is C19H17FN4O4S. The van der Waals surface area contributed by atoms with Gasteiger partial charge in [-0.2, -0.15) is 5.26 Å². The van der Waals surface area contributed by atoms with E-state index < -0.39 is 40.4 Å². The van der Waals surface area contributed by atoms with E-state index in [0.717, 1.165) is 6.07 Å². The number of nitriles is 1. The molecule has 0 bridgehead atoms. The molecule has 3 amide bonds. The van der Waals surface area contributed by atoms with Crippen molar-refractivity contribution in [2.24, 2.45) is 0 Å². The van der Waals surface area contributed by atoms with Crippen molar-refractivity contribution in [1.82, 2.24) is 9.62 Å². The van der Waals surface area contributed by atoms with Crippen molar-refractivity contribution < 1.29 is 22.4 Å². The smallest absolute Gasteiger partial charge is 0.336 e. The molecule has 0 saturated carbocycles. The summed E-state index contributed by atoms with van der Waals surface area (Å²) in [7, 11) is -4.23. The zero-order chi connectivity index (χ0) is 21.3. The van der Waals surface area contributed by atoms with Gasteiger partial charge in [-0.15, -0.1) is 0 Å². The maximum absolute atomic E-state index is 14.1. The lowest BCUT2D eigenvalue weighted by atomic mass is 10.1. The van der Waals surface area contributed by atoms with Gasteiger partial charge < -0.3 is 10.6 Å². The minimum absolute atomic E-state index is 0.0708. The van der Waals surface area contributed by atoms with Crippen molar-refractivity contribution in [3.63, 3.8) is 0 Å². The molecule has 8 nitrogen and oxygen atoms in total. The number of fused-ring (bicyclic) bond motifs is 1. The molecule has 2 aromatic rings. The van der Waals surface area contributed by atoms with Gasteiger partial charge in [0.05, 0.1) is 23.4 Å². The third kappa shape index (κ3) is 3.77. The normalized spacial score (nSPS) is 15.7. The Morgan fingerprint density at radius 3 is 2.72 bits per heavy atom. The van der Waals surface area contributed by atoms with E-state index >= 15 is 0 Å². The maximum atomic E-state index is 14.1. The number of rotatable bonds is 4. The third-order valence-electron chi connectivity index (χ3n) is 4.49. The molecule has 29 heavy (non-hydrogen) atoms. The quantitative estimate of drug-likeness (QED) is 0.793. The molecule has 1 atom stereocenters. The molecule has 0 fully saturated rings. The molecule has 1 heterocycles. The topological polar surface area (TPSA) is 119 Å². The van der Waals surface area contributed by atoms with E-state index in [1.807, 2.05) is 6.07 Å². The van der Waals surface area contributed by atoms with Crippen molar-refractivity contribution in [2.75, 3.05) is 11.9 Å². The van der Waals surface area contributed by atoms with Crippen molar-refractivity contribution in [1.29, 1.82) is 5.26 Å². The van der Waals surface area contributed by atoms with E-state index in [-0.39, 0.29) is 21.7 Å². The van der Waals surface area contributed by atoms with Crippen LogP contribution in [0.5, 0.6) is 0 Å². The van der Waals surface area contributed by atoms with Crippen LogP contribution in [0.2, 0.25) is 0 Å². The number of amides is 3. The van der Waals surface area contributed by atoms with E-state index in [2.05, 4.69) is 10.6 Å². The molecule has 1 aliphatic heterocycles. The average molecular weight is 416 g/mol. The summed E-state index contributed by atoms with van der Waals surface area (Å²) in [5.74, 6) is -1.46. The molecule has 150 valence electrons. The lowest BCUT2D eigenvalue weighted by Crippen LogP contribution is -2.49. The number of sulfonamides is 1. The summed E-state index contributed by atoms with van der Waals surface area (Å²) >= 11 is 0. The molecule has 2 aromatic carbocycles. The predicted molar refractivity (Wildman–Crippen MR) is 102 cm³/mol. The number of benzene rings is 2. The van der Waals surface area contributed by atoms with Crippen molar-refractivity contribution in [2.45, 2.75) is 24.8 Å². The Kier molecular flexibility index (Phi) is 5.26. The fourth-order valence-corrected chi connectivity index (χ4v) is 4.73. The molecule has 2 N–H and O–H groups in total. The van der Waals surface area contributed by atoms with Crippen LogP contribution in [-0.4, -0.2) is 31.2 Å². The molecule has 3 rings (SSSR count). The maximum Gasteiger partial charge on any atom is 0.336 e. The van der Waals surface area contributed by atoms with Crippen LogP contribution in [0.4, 0.5) is 14.9 Å². The highest BCUT2D eigenvalue weighted by atomic mass is 32.2. The highest BCUT2D eigenvalue weighted by Gasteiger charge is 2.39. The Morgan fingerprint density at radius 2 is 2.07 bits per heavy atom. The number of nitrogens with one attached hydrogen (secondary N) is 2. The Morgan fingerprint density at radius 1 is 1.34 bits per heavy atom. The van der Waals surface area contributed by atoms with Gasteiger partial charge in [-0.25, -0.2) is 21.9 Å². The number of carbonyl (C=O) groups is 2. The number of aryl methyl sites for hydroxylation is 1. The third-order valence-corrected chi connectivity index (χ3v) is 6.42. The predicted octanol–water partition coefficient (Wildman–Crippen LogP) is 2.42. The fourth-order valence-electron chi connectivity index (χ4n) is 3.09. The molecule has 1 aliphatic rings. The van der Waals surface area contributed by atoms with Crippen LogP contribution in [-0.2, 0) is 14.8 Å². The second-order valence-corrected chi connectivity index (χ2v) is 8.33. The highest BCUT2D eigenvalue weighted by molar-refractivity contribution is 7.90. The standard InChI is InChI=1S/C19H17FN4O4S/c1-11-4-3-5-16-18(11)29(27,28)24(19(26)23-16)10-17(25)22-12(2)14-7-6-13(9-21)8-15(14)20/h3-8,12H,10H2,1-2H3,(H,22,25)(H,23,26)/t12-/m1/s1. The van der Waals surface area contributed by atoms with Crippen LogP contribution in [0.1, 0.15) is 29.7 Å². The van der Waals surface area contributed by atoms with Crippen LogP contribution >= 0.6 is 0 Å². The van der Waals surface area contributed by atoms with E-state index in [1.165, 1.54) is 25.1 Å². The molecule has 0 saturated heterocycles. The van der Waals surface area contributed by atoms with E-state index in [9.17, 15) is 22.4 Å². The van der Waals surface area contributed by atoms with Crippen molar-refractivity contribution in [3.8, 4) is 6.07 Å². The molecule has 0 radical (unpaired) electrons. The first-order valence-corrected chi connectivity index (χ1v) is 10.0. The van der Waals surface area contributed by atoms with E-state index in [1.54, 1.807) is 19.1 Å². The summed E-state index contributed by atoms with van der Waals surface area (Å²) < 4.78 is 40.3. The first-order chi connectivity index (χ1) is 13.6. The number of hydrogen-bond donors (Lipinski definition) is 2. The number of hydrogen-bond acceptors (Lipinski definition) is 5. The largest absolute Gasteiger partial charge is 0.348 e. The van der Waals surface area contributed by atoms with Crippen LogP contribution in [0.25, 0.3) is 0 Å². The van der Waals surface area contributed by atoms with Gasteiger partial charge in [-0.1, -0.05) is 18.2 Å². The SMILES string of the molecule is Cc1cccc2c1S(=O)(=O)N(CC(=O)N[C@H](C)c1ccc(C#N)cc1F)C(=O)N2. The summed E-state index contributed by atoms with van der Waals surface area (Å²) in [6, 6.07) is 8.53. The molecular weight excluding hydrogens is 399 g/mol. The zero-order valence-corrected chi connectivity index (χ0v) is 16.4. The number of urea groups is 1. The lowest BCUT2D eigenvalue weighted by molar-refractivity contribution is -0.121. The first kappa shape index (κ1) is 20.3. The van der Waals surface area contributed by atoms with Crippen LogP contribution < -0.4 is 10.6 Å². The van der Waals surface area contributed by atoms with Gasteiger partial charge in [-0.05, 0) is 37.6 Å². The summed E-state index contributed by atoms with van der Waals surface area (Å²) in [5, 5.41) is 13.7. The van der Waals surface area contributed by atoms with Crippen molar-refractivity contribution >= 4 is 27.6 Å². The molecule has 0 spiro atoms. The fraction of sp³-hybridized carbons (Fsp3) is 0.211. The minimum atomic E-state index is -4.23. The summed E-state index contributed by atoms with van der Waals surface area (Å²) in [6.07, 6.45) is 0. The van der Waals surface area contributed by atoms with Gasteiger partial charge in [0.25, 0.3) is 10.0 Å². The summed E-state index contributed by atoms with van der Waals surface area (Å²) in [4.78, 5) is 24.6. The van der Waals surface area contributed by atoms with Crippen LogP contribution in [0, 0.1) is 24.1 Å². The monoisotopic (exact) mass is 416 g/mol. The van der Waals surface area contributed by atoms with Gasteiger partial charge in [0.15, 0.2) is 0 Å². The van der Waals surface area contributed by atoms with E-state index in [0.29, 0.717) is 9.87 Å². The van der Waals surface area contributed by atoms with Gasteiger partial charge in [0.1, 0.15) is 17.3 Å². The van der Waals surface area contributed by atoms with Crippen LogP contribution in [0.3, 0.4) is 0 Å². The second-order valence-electron chi connectivity index (χ2n) is 6.53. The van der Waals surface area contributed by atoms with Crippen molar-refractivity contribution in [3.05, 3.63) is 58.9 Å². The Hall–Kier alpha value is -3.45.